The Labute approximate surface area is 156 Å². The highest BCUT2D eigenvalue weighted by Gasteiger charge is 2.60. The third-order valence-corrected chi connectivity index (χ3v) is 4.42. The van der Waals surface area contributed by atoms with E-state index in [1.54, 1.807) is 0 Å². The van der Waals surface area contributed by atoms with Crippen LogP contribution in [0.2, 0.25) is 0 Å². The first kappa shape index (κ1) is 23.7. The van der Waals surface area contributed by atoms with Crippen LogP contribution in [0.4, 0.5) is 8.78 Å². The van der Waals surface area contributed by atoms with E-state index >= 15 is 8.78 Å². The molecule has 4 unspecified atom stereocenters. The van der Waals surface area contributed by atoms with Gasteiger partial charge >= 0.3 is 5.92 Å². The van der Waals surface area contributed by atoms with Crippen molar-refractivity contribution >= 4 is 0 Å². The first-order valence-corrected chi connectivity index (χ1v) is 9.89. The van der Waals surface area contributed by atoms with E-state index in [1.807, 2.05) is 20.8 Å². The number of unbranched alkanes of at least 4 members (excludes halogenated alkanes) is 3. The molecule has 1 aliphatic heterocycles. The lowest BCUT2D eigenvalue weighted by molar-refractivity contribution is -0.355. The van der Waals surface area contributed by atoms with Crippen LogP contribution in [0, 0.1) is 0 Å². The van der Waals surface area contributed by atoms with Crippen molar-refractivity contribution in [2.75, 3.05) is 33.5 Å². The van der Waals surface area contributed by atoms with E-state index in [-0.39, 0.29) is 13.2 Å². The molecule has 0 aromatic heterocycles. The van der Waals surface area contributed by atoms with Gasteiger partial charge in [-0.3, -0.25) is 0 Å². The molecule has 7 heteroatoms. The van der Waals surface area contributed by atoms with Crippen molar-refractivity contribution in [3.8, 4) is 0 Å². The van der Waals surface area contributed by atoms with E-state index in [9.17, 15) is 0 Å². The minimum absolute atomic E-state index is 0.192. The first-order chi connectivity index (χ1) is 12.5. The number of alkyl halides is 2. The lowest BCUT2D eigenvalue weighted by atomic mass is 9.97. The van der Waals surface area contributed by atoms with E-state index in [0.717, 1.165) is 32.1 Å². The van der Waals surface area contributed by atoms with E-state index < -0.39 is 30.5 Å². The fraction of sp³-hybridized carbons (Fsp3) is 1.00. The second-order valence-electron chi connectivity index (χ2n) is 6.67. The zero-order valence-electron chi connectivity index (χ0n) is 16.7. The van der Waals surface area contributed by atoms with E-state index in [4.69, 9.17) is 23.7 Å². The van der Waals surface area contributed by atoms with Gasteiger partial charge in [0.1, 0.15) is 6.10 Å². The molecule has 5 nitrogen and oxygen atoms in total. The van der Waals surface area contributed by atoms with Crippen LogP contribution in [0.5, 0.6) is 0 Å². The summed E-state index contributed by atoms with van der Waals surface area (Å²) in [5, 5.41) is 0. The molecule has 0 amide bonds. The Morgan fingerprint density at radius 3 is 2.04 bits per heavy atom. The number of ether oxygens (including phenoxy) is 5. The number of hydrogen-bond donors (Lipinski definition) is 0. The summed E-state index contributed by atoms with van der Waals surface area (Å²) in [7, 11) is 1.43. The molecule has 0 N–H and O–H groups in total. The summed E-state index contributed by atoms with van der Waals surface area (Å²) in [5.41, 5.74) is 0. The van der Waals surface area contributed by atoms with Crippen LogP contribution in [-0.2, 0) is 23.7 Å². The second-order valence-corrected chi connectivity index (χ2v) is 6.67. The predicted octanol–water partition coefficient (Wildman–Crippen LogP) is 4.18. The third-order valence-electron chi connectivity index (χ3n) is 4.42. The molecule has 4 atom stereocenters. The minimum Gasteiger partial charge on any atom is -0.379 e. The van der Waals surface area contributed by atoms with E-state index in [0.29, 0.717) is 19.6 Å². The molecule has 0 saturated carbocycles. The lowest BCUT2D eigenvalue weighted by Crippen LogP contribution is -2.64. The fourth-order valence-corrected chi connectivity index (χ4v) is 2.74. The van der Waals surface area contributed by atoms with Crippen molar-refractivity contribution in [3.63, 3.8) is 0 Å². The van der Waals surface area contributed by atoms with Crippen LogP contribution in [0.1, 0.15) is 59.3 Å². The largest absolute Gasteiger partial charge is 0.379 e. The summed E-state index contributed by atoms with van der Waals surface area (Å²) in [6.45, 7) is 6.89. The van der Waals surface area contributed by atoms with Crippen LogP contribution in [0.15, 0.2) is 0 Å². The maximum absolute atomic E-state index is 15.1. The van der Waals surface area contributed by atoms with Crippen molar-refractivity contribution in [1.29, 1.82) is 0 Å². The van der Waals surface area contributed by atoms with E-state index in [1.165, 1.54) is 7.11 Å². The summed E-state index contributed by atoms with van der Waals surface area (Å²) < 4.78 is 57.6. The van der Waals surface area contributed by atoms with Crippen LogP contribution < -0.4 is 0 Å². The van der Waals surface area contributed by atoms with Gasteiger partial charge in [-0.25, -0.2) is 8.78 Å². The van der Waals surface area contributed by atoms with Gasteiger partial charge in [0.25, 0.3) is 0 Å². The molecular formula is C19H36F2O5. The molecule has 1 fully saturated rings. The molecule has 0 aromatic carbocycles. The molecule has 156 valence electrons. The Kier molecular flexibility index (Phi) is 11.8. The predicted molar refractivity (Wildman–Crippen MR) is 95.6 cm³/mol. The second kappa shape index (κ2) is 12.9. The van der Waals surface area contributed by atoms with Crippen LogP contribution in [-0.4, -0.2) is 64.1 Å². The topological polar surface area (TPSA) is 46.2 Å². The average molecular weight is 382 g/mol. The smallest absolute Gasteiger partial charge is 0.304 e. The van der Waals surface area contributed by atoms with Gasteiger partial charge in [-0.1, -0.05) is 40.0 Å². The van der Waals surface area contributed by atoms with Crippen molar-refractivity contribution in [2.24, 2.45) is 0 Å². The standard InChI is InChI=1S/C19H36F2O5/c1-5-8-11-23-14-15-19(20,21)17(25-13-10-7-3)16(18(22-4)26-15)24-12-9-6-2/h15-18H,5-14H2,1-4H3. The maximum atomic E-state index is 15.1. The molecule has 0 aliphatic carbocycles. The van der Waals surface area contributed by atoms with E-state index in [2.05, 4.69) is 0 Å². The van der Waals surface area contributed by atoms with Gasteiger partial charge in [-0.05, 0) is 19.3 Å². The zero-order valence-corrected chi connectivity index (χ0v) is 16.7. The van der Waals surface area contributed by atoms with Crippen molar-refractivity contribution in [3.05, 3.63) is 0 Å². The normalized spacial score (nSPS) is 28.4. The average Bonchev–Trinajstić information content (AvgIpc) is 2.62. The van der Waals surface area contributed by atoms with Gasteiger partial charge < -0.3 is 23.7 Å². The Bertz CT molecular complexity index is 357. The van der Waals surface area contributed by atoms with Gasteiger partial charge in [0.15, 0.2) is 18.5 Å². The summed E-state index contributed by atoms with van der Waals surface area (Å²) in [4.78, 5) is 0. The zero-order chi connectivity index (χ0) is 19.4. The Hall–Kier alpha value is -0.340. The number of methoxy groups -OCH3 is 1. The fourth-order valence-electron chi connectivity index (χ4n) is 2.74. The molecule has 1 rings (SSSR count). The van der Waals surface area contributed by atoms with Gasteiger partial charge in [0, 0.05) is 26.9 Å². The van der Waals surface area contributed by atoms with Gasteiger partial charge in [-0.15, -0.1) is 0 Å². The number of rotatable bonds is 14. The van der Waals surface area contributed by atoms with Crippen molar-refractivity contribution in [1.82, 2.24) is 0 Å². The molecule has 0 aromatic rings. The molecule has 0 spiro atoms. The monoisotopic (exact) mass is 382 g/mol. The molecule has 1 aliphatic rings. The van der Waals surface area contributed by atoms with Crippen LogP contribution >= 0.6 is 0 Å². The molecule has 26 heavy (non-hydrogen) atoms. The Morgan fingerprint density at radius 1 is 0.885 bits per heavy atom. The lowest BCUT2D eigenvalue weighted by Gasteiger charge is -2.45. The van der Waals surface area contributed by atoms with Gasteiger partial charge in [0.2, 0.25) is 0 Å². The molecule has 0 bridgehead atoms. The summed E-state index contributed by atoms with van der Waals surface area (Å²) >= 11 is 0. The minimum atomic E-state index is -3.22. The van der Waals surface area contributed by atoms with Crippen LogP contribution in [0.25, 0.3) is 0 Å². The quantitative estimate of drug-likeness (QED) is 0.422. The van der Waals surface area contributed by atoms with Crippen LogP contribution in [0.3, 0.4) is 0 Å². The van der Waals surface area contributed by atoms with Crippen molar-refractivity contribution in [2.45, 2.75) is 89.8 Å². The molecule has 1 heterocycles. The van der Waals surface area contributed by atoms with Gasteiger partial charge in [-0.2, -0.15) is 0 Å². The molecular weight excluding hydrogens is 346 g/mol. The maximum Gasteiger partial charge on any atom is 0.304 e. The third kappa shape index (κ3) is 7.00. The summed E-state index contributed by atoms with van der Waals surface area (Å²) in [5.74, 6) is -3.22. The number of hydrogen-bond acceptors (Lipinski definition) is 5. The molecule has 0 radical (unpaired) electrons. The Balaban J connectivity index is 2.85. The highest BCUT2D eigenvalue weighted by molar-refractivity contribution is 4.97. The number of halogens is 2. The summed E-state index contributed by atoms with van der Waals surface area (Å²) in [6.07, 6.45) is 0.344. The Morgan fingerprint density at radius 2 is 1.46 bits per heavy atom. The molecule has 1 saturated heterocycles. The highest BCUT2D eigenvalue weighted by atomic mass is 19.3. The van der Waals surface area contributed by atoms with Crippen molar-refractivity contribution < 1.29 is 32.5 Å². The SMILES string of the molecule is CCCCOCC1OC(OC)C(OCCCC)C(OCCCC)C1(F)F. The van der Waals surface area contributed by atoms with Gasteiger partial charge in [0.05, 0.1) is 6.61 Å². The summed E-state index contributed by atoms with van der Waals surface area (Å²) in [6, 6.07) is 0. The highest BCUT2D eigenvalue weighted by Crippen LogP contribution is 2.38. The first-order valence-electron chi connectivity index (χ1n) is 9.89.